The van der Waals surface area contributed by atoms with Gasteiger partial charge in [0, 0.05) is 34.6 Å². The van der Waals surface area contributed by atoms with Gasteiger partial charge in [-0.2, -0.15) is 9.78 Å². The first-order valence-electron chi connectivity index (χ1n) is 17.8. The van der Waals surface area contributed by atoms with Gasteiger partial charge in [-0.3, -0.25) is 4.98 Å². The second kappa shape index (κ2) is 14.2. The highest BCUT2D eigenvalue weighted by Gasteiger charge is 2.46. The zero-order chi connectivity index (χ0) is 36.9. The van der Waals surface area contributed by atoms with Crippen LogP contribution < -0.4 is 4.72 Å². The summed E-state index contributed by atoms with van der Waals surface area (Å²) in [6.45, 7) is 29.1. The lowest BCUT2D eigenvalue weighted by atomic mass is 9.76. The molecule has 0 bridgehead atoms. The molecule has 1 aromatic carbocycles. The third kappa shape index (κ3) is 8.59. The first-order chi connectivity index (χ1) is 23.1. The minimum Gasteiger partial charge on any atom is -0.598 e. The van der Waals surface area contributed by atoms with Crippen molar-refractivity contribution in [2.75, 3.05) is 0 Å². The fourth-order valence-electron chi connectivity index (χ4n) is 5.42. The van der Waals surface area contributed by atoms with Crippen LogP contribution in [0.1, 0.15) is 92.6 Å². The molecule has 50 heavy (non-hydrogen) atoms. The van der Waals surface area contributed by atoms with E-state index < -0.39 is 32.7 Å². The largest absolute Gasteiger partial charge is 0.598 e. The van der Waals surface area contributed by atoms with Crippen LogP contribution in [0.4, 0.5) is 0 Å². The van der Waals surface area contributed by atoms with E-state index in [2.05, 4.69) is 107 Å². The molecule has 3 aromatic heterocycles. The summed E-state index contributed by atoms with van der Waals surface area (Å²) in [6.07, 6.45) is 5.67. The van der Waals surface area contributed by atoms with Crippen molar-refractivity contribution in [3.63, 3.8) is 0 Å². The monoisotopic (exact) mass is 734 g/mol. The summed E-state index contributed by atoms with van der Waals surface area (Å²) >= 11 is -1.26. The zero-order valence-corrected chi connectivity index (χ0v) is 35.2. The van der Waals surface area contributed by atoms with E-state index in [1.807, 2.05) is 45.2 Å². The third-order valence-corrected chi connectivity index (χ3v) is 21.5. The molecule has 0 amide bonds. The predicted molar refractivity (Wildman–Crippen MR) is 210 cm³/mol. The summed E-state index contributed by atoms with van der Waals surface area (Å²) in [4.78, 5) is 14.6. The lowest BCUT2D eigenvalue weighted by molar-refractivity contribution is 0.0365. The normalized spacial score (nSPS) is 19.0. The van der Waals surface area contributed by atoms with Crippen LogP contribution in [0.15, 0.2) is 54.9 Å². The summed E-state index contributed by atoms with van der Waals surface area (Å²) in [5.74, 6) is 0.774. The van der Waals surface area contributed by atoms with Gasteiger partial charge in [-0.1, -0.05) is 59.7 Å². The second-order valence-electron chi connectivity index (χ2n) is 17.9. The van der Waals surface area contributed by atoms with Gasteiger partial charge in [-0.05, 0) is 100 Å². The molecule has 0 aliphatic heterocycles. The molecule has 9 nitrogen and oxygen atoms in total. The molecule has 2 atom stereocenters. The lowest BCUT2D eigenvalue weighted by Gasteiger charge is -2.46. The highest BCUT2D eigenvalue weighted by Crippen LogP contribution is 2.45. The SMILES string of the molecule is CC(C)(C)[S@@+]([O-])N[C@H](c1cccc(-c2ccc3cnn(-c4nccc(CO[Si](C)(C)C(C)(C)C)n4)c3c2)n1)C1CC(O[Si](C)(C)C(C)(C)C)C1. The lowest BCUT2D eigenvalue weighted by Crippen LogP contribution is -2.51. The number of benzene rings is 1. The van der Waals surface area contributed by atoms with Gasteiger partial charge < -0.3 is 13.4 Å². The molecule has 3 heterocycles. The number of nitrogens with zero attached hydrogens (tertiary/aromatic N) is 5. The molecule has 272 valence electrons. The van der Waals surface area contributed by atoms with Crippen molar-refractivity contribution >= 4 is 38.9 Å². The fourth-order valence-corrected chi connectivity index (χ4v) is 8.64. The number of pyridine rings is 1. The molecule has 0 saturated heterocycles. The third-order valence-electron chi connectivity index (χ3n) is 10.9. The van der Waals surface area contributed by atoms with E-state index in [0.717, 1.165) is 46.4 Å². The van der Waals surface area contributed by atoms with Gasteiger partial charge in [0.2, 0.25) is 0 Å². The van der Waals surface area contributed by atoms with Crippen LogP contribution in [0, 0.1) is 5.92 Å². The summed E-state index contributed by atoms with van der Waals surface area (Å²) in [5, 5.41) is 5.92. The molecule has 1 aliphatic carbocycles. The van der Waals surface area contributed by atoms with Gasteiger partial charge >= 0.3 is 0 Å². The van der Waals surface area contributed by atoms with Crippen molar-refractivity contribution in [2.45, 2.75) is 135 Å². The quantitative estimate of drug-likeness (QED) is 0.120. The average molecular weight is 735 g/mol. The number of rotatable bonds is 11. The Morgan fingerprint density at radius 1 is 0.920 bits per heavy atom. The first-order valence-corrected chi connectivity index (χ1v) is 24.8. The highest BCUT2D eigenvalue weighted by atomic mass is 32.2. The summed E-state index contributed by atoms with van der Waals surface area (Å²) in [5.41, 5.74) is 4.42. The van der Waals surface area contributed by atoms with E-state index >= 15 is 0 Å². The van der Waals surface area contributed by atoms with Crippen molar-refractivity contribution in [2.24, 2.45) is 5.92 Å². The fraction of sp³-hybridized carbons (Fsp3) is 0.579. The Morgan fingerprint density at radius 2 is 1.60 bits per heavy atom. The van der Waals surface area contributed by atoms with Crippen molar-refractivity contribution < 1.29 is 13.4 Å². The average Bonchev–Trinajstić information content (AvgIpc) is 3.43. The molecular weight excluding hydrogens is 677 g/mol. The molecule has 0 radical (unpaired) electrons. The zero-order valence-electron chi connectivity index (χ0n) is 32.4. The molecule has 12 heteroatoms. The number of fused-ring (bicyclic) bond motifs is 1. The Balaban J connectivity index is 1.41. The van der Waals surface area contributed by atoms with E-state index in [4.69, 9.17) is 18.8 Å². The van der Waals surface area contributed by atoms with Crippen LogP contribution in [0.25, 0.3) is 28.1 Å². The maximum Gasteiger partial charge on any atom is 0.251 e. The molecule has 1 fully saturated rings. The van der Waals surface area contributed by atoms with Crippen LogP contribution in [-0.4, -0.2) is 56.8 Å². The topological polar surface area (TPSA) is 110 Å². The number of nitrogens with one attached hydrogen (secondary N) is 1. The molecule has 0 spiro atoms. The number of aromatic nitrogens is 5. The van der Waals surface area contributed by atoms with Gasteiger partial charge in [0.1, 0.15) is 4.75 Å². The Hall–Kier alpha value is -2.46. The molecule has 1 saturated carbocycles. The van der Waals surface area contributed by atoms with E-state index in [-0.39, 0.29) is 28.1 Å². The summed E-state index contributed by atoms with van der Waals surface area (Å²) < 4.78 is 31.5. The predicted octanol–water partition coefficient (Wildman–Crippen LogP) is 9.29. The van der Waals surface area contributed by atoms with Crippen molar-refractivity contribution in [3.05, 3.63) is 66.2 Å². The maximum atomic E-state index is 13.5. The Morgan fingerprint density at radius 3 is 2.24 bits per heavy atom. The van der Waals surface area contributed by atoms with Crippen molar-refractivity contribution in [1.82, 2.24) is 29.5 Å². The molecule has 4 aromatic rings. The van der Waals surface area contributed by atoms with Gasteiger partial charge in [0.15, 0.2) is 16.6 Å². The summed E-state index contributed by atoms with van der Waals surface area (Å²) in [7, 11) is -3.82. The van der Waals surface area contributed by atoms with Gasteiger partial charge in [0.05, 0.1) is 41.4 Å². The Kier molecular flexibility index (Phi) is 11.0. The number of hydrogen-bond acceptors (Lipinski definition) is 8. The van der Waals surface area contributed by atoms with Crippen LogP contribution in [0.5, 0.6) is 0 Å². The van der Waals surface area contributed by atoms with Gasteiger partial charge in [-0.25, -0.2) is 9.97 Å². The Labute approximate surface area is 305 Å². The maximum absolute atomic E-state index is 13.5. The van der Waals surface area contributed by atoms with E-state index in [1.165, 1.54) is 0 Å². The van der Waals surface area contributed by atoms with E-state index in [1.54, 1.807) is 10.9 Å². The van der Waals surface area contributed by atoms with E-state index in [0.29, 0.717) is 12.6 Å². The van der Waals surface area contributed by atoms with E-state index in [9.17, 15) is 4.55 Å². The van der Waals surface area contributed by atoms with Crippen LogP contribution in [0.3, 0.4) is 0 Å². The molecular formula is C38H58N6O3SSi2. The molecule has 1 aliphatic rings. The summed E-state index contributed by atoms with van der Waals surface area (Å²) in [6, 6.07) is 14.1. The van der Waals surface area contributed by atoms with Crippen molar-refractivity contribution in [1.29, 1.82) is 0 Å². The Bertz CT molecular complexity index is 1790. The molecule has 0 unspecified atom stereocenters. The number of hydrogen-bond donors (Lipinski definition) is 1. The minimum absolute atomic E-state index is 0.113. The van der Waals surface area contributed by atoms with Gasteiger partial charge in [-0.15, -0.1) is 4.72 Å². The standard InChI is InChI=1S/C38H58N6O3SSi2/c1-36(2,3)48(45)43-34(28-21-30(22-28)47-50(12,13)38(7,8)9)32-16-14-15-31(42-32)26-17-18-27-24-40-44(33(27)23-26)35-39-20-19-29(41-35)25-46-49(10,11)37(4,5)6/h14-20,23-24,28,30,34,43H,21-22,25H2,1-13H3/t28?,30?,34-,48+/m0/s1. The smallest absolute Gasteiger partial charge is 0.251 e. The minimum atomic E-state index is -1.93. The van der Waals surface area contributed by atoms with Crippen molar-refractivity contribution in [3.8, 4) is 17.2 Å². The first kappa shape index (κ1) is 38.8. The van der Waals surface area contributed by atoms with Crippen LogP contribution >= 0.6 is 0 Å². The van der Waals surface area contributed by atoms with Gasteiger partial charge in [0.25, 0.3) is 5.95 Å². The molecule has 5 rings (SSSR count). The highest BCUT2D eigenvalue weighted by molar-refractivity contribution is 7.90. The second-order valence-corrected chi connectivity index (χ2v) is 29.4. The molecule has 1 N–H and O–H groups in total. The van der Waals surface area contributed by atoms with Crippen LogP contribution in [-0.2, 0) is 26.8 Å². The van der Waals surface area contributed by atoms with Crippen LogP contribution in [0.2, 0.25) is 36.3 Å².